The number of rotatable bonds is 4. The predicted molar refractivity (Wildman–Crippen MR) is 90.0 cm³/mol. The van der Waals surface area contributed by atoms with E-state index in [4.69, 9.17) is 0 Å². The highest BCUT2D eigenvalue weighted by atomic mass is 16.1. The van der Waals surface area contributed by atoms with Crippen LogP contribution in [0, 0.1) is 6.92 Å². The van der Waals surface area contributed by atoms with Gasteiger partial charge in [0.05, 0.1) is 11.6 Å². The van der Waals surface area contributed by atoms with Gasteiger partial charge in [0.1, 0.15) is 0 Å². The highest BCUT2D eigenvalue weighted by Crippen LogP contribution is 2.21. The van der Waals surface area contributed by atoms with E-state index in [1.54, 1.807) is 6.20 Å². The zero-order valence-electron chi connectivity index (χ0n) is 12.9. The number of H-pyrrole nitrogens is 1. The summed E-state index contributed by atoms with van der Waals surface area (Å²) in [4.78, 5) is 15.7. The molecule has 2 aromatic carbocycles. The third-order valence-electron chi connectivity index (χ3n) is 4.03. The summed E-state index contributed by atoms with van der Waals surface area (Å²) in [6.45, 7) is 4.15. The van der Waals surface area contributed by atoms with Crippen molar-refractivity contribution in [3.63, 3.8) is 0 Å². The van der Waals surface area contributed by atoms with Crippen LogP contribution in [0.4, 0.5) is 0 Å². The highest BCUT2D eigenvalue weighted by molar-refractivity contribution is 6.06. The number of aryl methyl sites for hydroxylation is 1. The van der Waals surface area contributed by atoms with E-state index in [2.05, 4.69) is 48.4 Å². The molecule has 3 heteroatoms. The first-order valence-corrected chi connectivity index (χ1v) is 7.62. The lowest BCUT2D eigenvalue weighted by atomic mass is 10.0. The van der Waals surface area contributed by atoms with E-state index in [1.165, 1.54) is 5.56 Å². The lowest BCUT2D eigenvalue weighted by Gasteiger charge is -2.17. The number of aromatic nitrogens is 1. The normalized spacial score (nSPS) is 12.3. The second-order valence-corrected chi connectivity index (χ2v) is 5.59. The SMILES string of the molecule is CC[C@H](NC(=O)c1c[nH]c2ccccc12)c1ccc(C)cc1. The van der Waals surface area contributed by atoms with Gasteiger partial charge in [-0.3, -0.25) is 4.79 Å². The summed E-state index contributed by atoms with van der Waals surface area (Å²) in [5.41, 5.74) is 4.04. The molecule has 0 saturated carbocycles. The van der Waals surface area contributed by atoms with Crippen molar-refractivity contribution in [2.24, 2.45) is 0 Å². The fourth-order valence-electron chi connectivity index (χ4n) is 2.72. The molecule has 0 radical (unpaired) electrons. The molecule has 0 aliphatic carbocycles. The van der Waals surface area contributed by atoms with E-state index >= 15 is 0 Å². The second kappa shape index (κ2) is 6.06. The Labute approximate surface area is 130 Å². The third kappa shape index (κ3) is 2.75. The molecule has 3 rings (SSSR count). The van der Waals surface area contributed by atoms with Gasteiger partial charge >= 0.3 is 0 Å². The summed E-state index contributed by atoms with van der Waals surface area (Å²) in [6, 6.07) is 16.2. The molecule has 0 aliphatic heterocycles. The summed E-state index contributed by atoms with van der Waals surface area (Å²) < 4.78 is 0. The minimum atomic E-state index is -0.0372. The molecule has 3 nitrogen and oxygen atoms in total. The molecule has 0 fully saturated rings. The standard InChI is InChI=1S/C19H20N2O/c1-3-17(14-10-8-13(2)9-11-14)21-19(22)16-12-20-18-7-5-4-6-15(16)18/h4-12,17,20H,3H2,1-2H3,(H,21,22)/t17-/m0/s1. The van der Waals surface area contributed by atoms with Crippen molar-refractivity contribution in [1.29, 1.82) is 0 Å². The van der Waals surface area contributed by atoms with Gasteiger partial charge in [-0.2, -0.15) is 0 Å². The summed E-state index contributed by atoms with van der Waals surface area (Å²) in [7, 11) is 0. The molecule has 0 saturated heterocycles. The molecule has 1 heterocycles. The zero-order valence-corrected chi connectivity index (χ0v) is 12.9. The number of carbonyl (C=O) groups is 1. The quantitative estimate of drug-likeness (QED) is 0.737. The Morgan fingerprint density at radius 3 is 2.59 bits per heavy atom. The molecule has 0 bridgehead atoms. The molecule has 1 atom stereocenters. The number of carbonyl (C=O) groups excluding carboxylic acids is 1. The second-order valence-electron chi connectivity index (χ2n) is 5.59. The van der Waals surface area contributed by atoms with Crippen LogP contribution in [-0.2, 0) is 0 Å². The van der Waals surface area contributed by atoms with Gasteiger partial charge in [-0.15, -0.1) is 0 Å². The van der Waals surface area contributed by atoms with E-state index in [0.29, 0.717) is 5.56 Å². The van der Waals surface area contributed by atoms with Crippen molar-refractivity contribution in [3.8, 4) is 0 Å². The summed E-state index contributed by atoms with van der Waals surface area (Å²) in [5.74, 6) is -0.0372. The monoisotopic (exact) mass is 292 g/mol. The van der Waals surface area contributed by atoms with Gasteiger partial charge in [0.2, 0.25) is 0 Å². The maximum absolute atomic E-state index is 12.6. The molecule has 0 spiro atoms. The summed E-state index contributed by atoms with van der Waals surface area (Å²) >= 11 is 0. The third-order valence-corrected chi connectivity index (χ3v) is 4.03. The number of benzene rings is 2. The summed E-state index contributed by atoms with van der Waals surface area (Å²) in [5, 5.41) is 4.10. The smallest absolute Gasteiger partial charge is 0.253 e. The van der Waals surface area contributed by atoms with Crippen LogP contribution in [0.2, 0.25) is 0 Å². The first-order chi connectivity index (χ1) is 10.7. The van der Waals surface area contributed by atoms with E-state index in [9.17, 15) is 4.79 Å². The number of hydrogen-bond donors (Lipinski definition) is 2. The zero-order chi connectivity index (χ0) is 15.5. The van der Waals surface area contributed by atoms with Crippen LogP contribution in [0.3, 0.4) is 0 Å². The Balaban J connectivity index is 1.84. The van der Waals surface area contributed by atoms with Gasteiger partial charge in [0, 0.05) is 17.1 Å². The van der Waals surface area contributed by atoms with Gasteiger partial charge in [-0.05, 0) is 25.0 Å². The molecule has 0 unspecified atom stereocenters. The molecule has 3 aromatic rings. The van der Waals surface area contributed by atoms with Crippen molar-refractivity contribution >= 4 is 16.8 Å². The predicted octanol–water partition coefficient (Wildman–Crippen LogP) is 4.36. The number of nitrogens with one attached hydrogen (secondary N) is 2. The molecular weight excluding hydrogens is 272 g/mol. The minimum absolute atomic E-state index is 0.0294. The summed E-state index contributed by atoms with van der Waals surface area (Å²) in [6.07, 6.45) is 2.64. The molecule has 2 N–H and O–H groups in total. The molecule has 1 aromatic heterocycles. The van der Waals surface area contributed by atoms with E-state index in [0.717, 1.165) is 22.9 Å². The number of aromatic amines is 1. The average molecular weight is 292 g/mol. The van der Waals surface area contributed by atoms with Gasteiger partial charge in [-0.25, -0.2) is 0 Å². The molecule has 0 aliphatic rings. The molecule has 112 valence electrons. The fourth-order valence-corrected chi connectivity index (χ4v) is 2.72. The van der Waals surface area contributed by atoms with Gasteiger partial charge in [0.25, 0.3) is 5.91 Å². The maximum atomic E-state index is 12.6. The van der Waals surface area contributed by atoms with E-state index < -0.39 is 0 Å². The van der Waals surface area contributed by atoms with Crippen molar-refractivity contribution in [1.82, 2.24) is 10.3 Å². The van der Waals surface area contributed by atoms with Crippen molar-refractivity contribution in [3.05, 3.63) is 71.4 Å². The minimum Gasteiger partial charge on any atom is -0.360 e. The van der Waals surface area contributed by atoms with Gasteiger partial charge < -0.3 is 10.3 Å². The number of hydrogen-bond acceptors (Lipinski definition) is 1. The van der Waals surface area contributed by atoms with Crippen LogP contribution in [0.5, 0.6) is 0 Å². The molecule has 22 heavy (non-hydrogen) atoms. The first kappa shape index (κ1) is 14.4. The highest BCUT2D eigenvalue weighted by Gasteiger charge is 2.16. The van der Waals surface area contributed by atoms with Crippen LogP contribution in [0.15, 0.2) is 54.7 Å². The van der Waals surface area contributed by atoms with Crippen molar-refractivity contribution < 1.29 is 4.79 Å². The number of fused-ring (bicyclic) bond motifs is 1. The average Bonchev–Trinajstić information content (AvgIpc) is 2.97. The number of amides is 1. The largest absolute Gasteiger partial charge is 0.360 e. The Kier molecular flexibility index (Phi) is 3.96. The van der Waals surface area contributed by atoms with Crippen LogP contribution in [0.25, 0.3) is 10.9 Å². The Morgan fingerprint density at radius 1 is 1.14 bits per heavy atom. The van der Waals surface area contributed by atoms with Crippen LogP contribution in [0.1, 0.15) is 40.9 Å². The fraction of sp³-hybridized carbons (Fsp3) is 0.211. The van der Waals surface area contributed by atoms with Crippen molar-refractivity contribution in [2.45, 2.75) is 26.3 Å². The lowest BCUT2D eigenvalue weighted by molar-refractivity contribution is 0.0937. The Morgan fingerprint density at radius 2 is 1.86 bits per heavy atom. The van der Waals surface area contributed by atoms with Gasteiger partial charge in [0.15, 0.2) is 0 Å². The van der Waals surface area contributed by atoms with Gasteiger partial charge in [-0.1, -0.05) is 55.0 Å². The first-order valence-electron chi connectivity index (χ1n) is 7.62. The van der Waals surface area contributed by atoms with Crippen LogP contribution >= 0.6 is 0 Å². The Bertz CT molecular complexity index is 787. The topological polar surface area (TPSA) is 44.9 Å². The molecule has 1 amide bonds. The Hall–Kier alpha value is -2.55. The van der Waals surface area contributed by atoms with Crippen LogP contribution < -0.4 is 5.32 Å². The van der Waals surface area contributed by atoms with E-state index in [1.807, 2.05) is 24.3 Å². The van der Waals surface area contributed by atoms with Crippen LogP contribution in [-0.4, -0.2) is 10.9 Å². The lowest BCUT2D eigenvalue weighted by Crippen LogP contribution is -2.28. The molecular formula is C19H20N2O. The maximum Gasteiger partial charge on any atom is 0.253 e. The van der Waals surface area contributed by atoms with Crippen molar-refractivity contribution in [2.75, 3.05) is 0 Å². The number of para-hydroxylation sites is 1. The van der Waals surface area contributed by atoms with E-state index in [-0.39, 0.29) is 11.9 Å².